The fourth-order valence-electron chi connectivity index (χ4n) is 0.924. The molecule has 0 aliphatic heterocycles. The van der Waals surface area contributed by atoms with Gasteiger partial charge in [0.1, 0.15) is 29.4 Å². The second-order valence-corrected chi connectivity index (χ2v) is 3.67. The van der Waals surface area contributed by atoms with E-state index in [0.29, 0.717) is 0 Å². The zero-order valence-electron chi connectivity index (χ0n) is 8.85. The van der Waals surface area contributed by atoms with Gasteiger partial charge in [-0.3, -0.25) is 4.79 Å². The first kappa shape index (κ1) is 16.1. The Kier molecular flexibility index (Phi) is 7.04. The fourth-order valence-corrected chi connectivity index (χ4v) is 1.16. The lowest BCUT2D eigenvalue weighted by molar-refractivity contribution is -0.116. The maximum atomic E-state index is 10.8. The standard InChI is InChI=1S/C9H15NO6S/c1-2-5(13)10-9(17)8(16)7(15)6(14)4(12)3-11/h2,4,6-8,11-12,14-16H,1,3H2,(H,10,13,17)/t4-,6+,7+,8-/m1/s1. The van der Waals surface area contributed by atoms with Crippen LogP contribution in [0.3, 0.4) is 0 Å². The molecule has 6 N–H and O–H groups in total. The Morgan fingerprint density at radius 3 is 2.24 bits per heavy atom. The zero-order chi connectivity index (χ0) is 13.6. The molecule has 7 nitrogen and oxygen atoms in total. The van der Waals surface area contributed by atoms with Crippen molar-refractivity contribution >= 4 is 23.1 Å². The number of thiocarbonyl (C=S) groups is 1. The summed E-state index contributed by atoms with van der Waals surface area (Å²) in [5, 5.41) is 47.8. The van der Waals surface area contributed by atoms with Crippen molar-refractivity contribution < 1.29 is 30.3 Å². The highest BCUT2D eigenvalue weighted by Gasteiger charge is 2.32. The van der Waals surface area contributed by atoms with Crippen molar-refractivity contribution in [2.24, 2.45) is 0 Å². The fraction of sp³-hybridized carbons (Fsp3) is 0.556. The van der Waals surface area contributed by atoms with Crippen LogP contribution in [-0.4, -0.2) is 67.5 Å². The monoisotopic (exact) mass is 265 g/mol. The summed E-state index contributed by atoms with van der Waals surface area (Å²) in [5.41, 5.74) is 0. The Morgan fingerprint density at radius 2 is 1.82 bits per heavy atom. The van der Waals surface area contributed by atoms with E-state index in [9.17, 15) is 20.1 Å². The molecule has 0 unspecified atom stereocenters. The average Bonchev–Trinajstić information content (AvgIpc) is 2.34. The first-order valence-corrected chi connectivity index (χ1v) is 5.06. The molecule has 0 aromatic heterocycles. The maximum absolute atomic E-state index is 10.8. The molecule has 8 heteroatoms. The van der Waals surface area contributed by atoms with Crippen LogP contribution in [0, 0.1) is 0 Å². The lowest BCUT2D eigenvalue weighted by Gasteiger charge is -2.25. The van der Waals surface area contributed by atoms with Crippen LogP contribution in [0.5, 0.6) is 0 Å². The highest BCUT2D eigenvalue weighted by Crippen LogP contribution is 2.06. The summed E-state index contributed by atoms with van der Waals surface area (Å²) in [6, 6.07) is 0. The van der Waals surface area contributed by atoms with Gasteiger partial charge in [0.05, 0.1) is 6.61 Å². The number of amides is 1. The quantitative estimate of drug-likeness (QED) is 0.224. The van der Waals surface area contributed by atoms with E-state index in [2.05, 4.69) is 18.8 Å². The number of carbonyl (C=O) groups is 1. The summed E-state index contributed by atoms with van der Waals surface area (Å²) in [6.45, 7) is 2.36. The summed E-state index contributed by atoms with van der Waals surface area (Å²) in [7, 11) is 0. The van der Waals surface area contributed by atoms with Gasteiger partial charge >= 0.3 is 0 Å². The van der Waals surface area contributed by atoms with Gasteiger partial charge in [0.15, 0.2) is 0 Å². The van der Waals surface area contributed by atoms with Gasteiger partial charge in [-0.1, -0.05) is 18.8 Å². The molecule has 1 amide bonds. The van der Waals surface area contributed by atoms with Crippen LogP contribution >= 0.6 is 12.2 Å². The molecule has 0 saturated heterocycles. The third-order valence-electron chi connectivity index (χ3n) is 1.96. The predicted molar refractivity (Wildman–Crippen MR) is 62.1 cm³/mol. The van der Waals surface area contributed by atoms with Crippen LogP contribution < -0.4 is 5.32 Å². The van der Waals surface area contributed by atoms with Crippen LogP contribution in [0.1, 0.15) is 0 Å². The number of rotatable bonds is 6. The Hall–Kier alpha value is -0.900. The van der Waals surface area contributed by atoms with Crippen LogP contribution in [-0.2, 0) is 4.79 Å². The van der Waals surface area contributed by atoms with E-state index < -0.39 is 41.9 Å². The minimum atomic E-state index is -1.84. The third-order valence-corrected chi connectivity index (χ3v) is 2.30. The zero-order valence-corrected chi connectivity index (χ0v) is 9.67. The molecular weight excluding hydrogens is 250 g/mol. The molecule has 0 aromatic carbocycles. The Balaban J connectivity index is 4.48. The van der Waals surface area contributed by atoms with Crippen LogP contribution in [0.25, 0.3) is 0 Å². The van der Waals surface area contributed by atoms with E-state index in [0.717, 1.165) is 6.08 Å². The third kappa shape index (κ3) is 4.86. The number of hydrogen-bond acceptors (Lipinski definition) is 7. The molecule has 98 valence electrons. The molecule has 0 aliphatic rings. The smallest absolute Gasteiger partial charge is 0.248 e. The molecule has 4 atom stereocenters. The lowest BCUT2D eigenvalue weighted by Crippen LogP contribution is -2.51. The molecule has 0 fully saturated rings. The molecule has 0 aliphatic carbocycles. The van der Waals surface area contributed by atoms with E-state index in [-0.39, 0.29) is 0 Å². The first-order chi connectivity index (χ1) is 7.84. The van der Waals surface area contributed by atoms with E-state index in [4.69, 9.17) is 10.2 Å². The summed E-state index contributed by atoms with van der Waals surface area (Å²) < 4.78 is 0. The van der Waals surface area contributed by atoms with Crippen LogP contribution in [0.15, 0.2) is 12.7 Å². The van der Waals surface area contributed by atoms with Gasteiger partial charge in [-0.2, -0.15) is 0 Å². The number of aliphatic hydroxyl groups excluding tert-OH is 5. The average molecular weight is 265 g/mol. The van der Waals surface area contributed by atoms with Gasteiger partial charge in [0, 0.05) is 0 Å². The number of carbonyl (C=O) groups excluding carboxylic acids is 1. The van der Waals surface area contributed by atoms with Gasteiger partial charge in [-0.05, 0) is 6.08 Å². The van der Waals surface area contributed by atoms with Gasteiger partial charge < -0.3 is 30.8 Å². The van der Waals surface area contributed by atoms with Crippen molar-refractivity contribution in [1.29, 1.82) is 0 Å². The molecule has 17 heavy (non-hydrogen) atoms. The Bertz CT molecular complexity index is 297. The van der Waals surface area contributed by atoms with E-state index in [1.165, 1.54) is 0 Å². The molecule has 0 radical (unpaired) electrons. The highest BCUT2D eigenvalue weighted by molar-refractivity contribution is 7.80. The predicted octanol–water partition coefficient (Wildman–Crippen LogP) is -2.95. The highest BCUT2D eigenvalue weighted by atomic mass is 32.1. The largest absolute Gasteiger partial charge is 0.394 e. The van der Waals surface area contributed by atoms with Crippen molar-refractivity contribution in [3.63, 3.8) is 0 Å². The topological polar surface area (TPSA) is 130 Å². The van der Waals surface area contributed by atoms with Gasteiger partial charge in [0.25, 0.3) is 0 Å². The summed E-state index contributed by atoms with van der Waals surface area (Å²) in [4.78, 5) is 10.4. The SMILES string of the molecule is C=CC(=O)NC(=S)[C@H](O)[C@@H](O)[C@@H](O)[C@H](O)CO. The lowest BCUT2D eigenvalue weighted by atomic mass is 10.0. The van der Waals surface area contributed by atoms with Gasteiger partial charge in [-0.15, -0.1) is 0 Å². The van der Waals surface area contributed by atoms with Crippen molar-refractivity contribution in [2.75, 3.05) is 6.61 Å². The van der Waals surface area contributed by atoms with Gasteiger partial charge in [0.2, 0.25) is 5.91 Å². The molecule has 0 aromatic rings. The molecule has 0 saturated carbocycles. The van der Waals surface area contributed by atoms with Crippen molar-refractivity contribution in [3.05, 3.63) is 12.7 Å². The maximum Gasteiger partial charge on any atom is 0.248 e. The van der Waals surface area contributed by atoms with Crippen molar-refractivity contribution in [2.45, 2.75) is 24.4 Å². The van der Waals surface area contributed by atoms with Crippen LogP contribution in [0.4, 0.5) is 0 Å². The van der Waals surface area contributed by atoms with Crippen LogP contribution in [0.2, 0.25) is 0 Å². The van der Waals surface area contributed by atoms with E-state index >= 15 is 0 Å². The molecular formula is C9H15NO6S. The molecule has 0 spiro atoms. The van der Waals surface area contributed by atoms with Crippen molar-refractivity contribution in [3.8, 4) is 0 Å². The number of hydrogen-bond donors (Lipinski definition) is 6. The second kappa shape index (κ2) is 7.43. The van der Waals surface area contributed by atoms with Gasteiger partial charge in [-0.25, -0.2) is 0 Å². The Morgan fingerprint density at radius 1 is 1.29 bits per heavy atom. The van der Waals surface area contributed by atoms with E-state index in [1.807, 2.05) is 5.32 Å². The molecule has 0 rings (SSSR count). The first-order valence-electron chi connectivity index (χ1n) is 4.65. The molecule has 0 bridgehead atoms. The minimum Gasteiger partial charge on any atom is -0.394 e. The minimum absolute atomic E-state index is 0.424. The number of nitrogens with one attached hydrogen (secondary N) is 1. The summed E-state index contributed by atoms with van der Waals surface area (Å²) in [5.74, 6) is -0.682. The second-order valence-electron chi connectivity index (χ2n) is 3.23. The van der Waals surface area contributed by atoms with Crippen molar-refractivity contribution in [1.82, 2.24) is 5.32 Å². The summed E-state index contributed by atoms with van der Waals surface area (Å²) in [6.07, 6.45) is -6.12. The number of aliphatic hydroxyl groups is 5. The normalized spacial score (nSPS) is 17.7. The Labute approximate surface area is 103 Å². The van der Waals surface area contributed by atoms with E-state index in [1.54, 1.807) is 0 Å². The summed E-state index contributed by atoms with van der Waals surface area (Å²) >= 11 is 4.59. The molecule has 0 heterocycles.